The second-order valence-corrected chi connectivity index (χ2v) is 4.65. The van der Waals surface area contributed by atoms with Gasteiger partial charge in [-0.3, -0.25) is 4.79 Å². The van der Waals surface area contributed by atoms with E-state index in [2.05, 4.69) is 14.0 Å². The van der Waals surface area contributed by atoms with E-state index in [1.807, 2.05) is 25.1 Å². The van der Waals surface area contributed by atoms with Crippen molar-refractivity contribution in [1.29, 1.82) is 0 Å². The number of furan rings is 1. The van der Waals surface area contributed by atoms with Crippen LogP contribution in [0.1, 0.15) is 19.6 Å². The molecule has 3 atom stereocenters. The molecule has 2 heterocycles. The normalized spacial score (nSPS) is 33.3. The molecule has 3 heteroatoms. The molecular weight excluding hydrogens is 202 g/mol. The van der Waals surface area contributed by atoms with Crippen LogP contribution in [0.4, 0.5) is 0 Å². The molecule has 0 spiro atoms. The molecular formula is C13H18NO2+. The summed E-state index contributed by atoms with van der Waals surface area (Å²) in [5, 5.41) is 0. The summed E-state index contributed by atoms with van der Waals surface area (Å²) in [5.41, 5.74) is 0.881. The van der Waals surface area contributed by atoms with E-state index < -0.39 is 0 Å². The molecule has 0 aliphatic carbocycles. The fourth-order valence-corrected chi connectivity index (χ4v) is 2.24. The second kappa shape index (κ2) is 4.26. The summed E-state index contributed by atoms with van der Waals surface area (Å²) in [7, 11) is 2.13. The molecule has 3 nitrogen and oxygen atoms in total. The second-order valence-electron chi connectivity index (χ2n) is 4.65. The van der Waals surface area contributed by atoms with Crippen molar-refractivity contribution in [2.75, 3.05) is 13.6 Å². The van der Waals surface area contributed by atoms with Crippen LogP contribution in [0.3, 0.4) is 0 Å². The van der Waals surface area contributed by atoms with E-state index in [1.165, 1.54) is 4.90 Å². The number of carbonyl (C=O) groups is 1. The maximum atomic E-state index is 12.1. The molecule has 1 aliphatic heterocycles. The molecule has 1 N–H and O–H groups in total. The minimum Gasteiger partial charge on any atom is -0.465 e. The first kappa shape index (κ1) is 11.1. The van der Waals surface area contributed by atoms with Crippen molar-refractivity contribution < 1.29 is 14.1 Å². The number of likely N-dealkylation sites (N-methyl/N-ethyl adjacent to an activating group) is 1. The van der Waals surface area contributed by atoms with Crippen molar-refractivity contribution in [1.82, 2.24) is 0 Å². The molecule has 1 aromatic heterocycles. The molecule has 1 aromatic rings. The van der Waals surface area contributed by atoms with Gasteiger partial charge in [0.05, 0.1) is 31.3 Å². The highest BCUT2D eigenvalue weighted by molar-refractivity contribution is 6.02. The van der Waals surface area contributed by atoms with Crippen LogP contribution < -0.4 is 4.90 Å². The zero-order valence-corrected chi connectivity index (χ0v) is 9.99. The monoisotopic (exact) mass is 220 g/mol. The maximum Gasteiger partial charge on any atom is 0.173 e. The van der Waals surface area contributed by atoms with Crippen LogP contribution in [0.25, 0.3) is 6.08 Å². The van der Waals surface area contributed by atoms with E-state index in [-0.39, 0.29) is 17.7 Å². The number of hydrogen-bond acceptors (Lipinski definition) is 2. The Balaban J connectivity index is 2.33. The Morgan fingerprint density at radius 1 is 1.50 bits per heavy atom. The Hall–Kier alpha value is -1.35. The molecule has 0 saturated carbocycles. The minimum absolute atomic E-state index is 0.109. The Morgan fingerprint density at radius 3 is 2.88 bits per heavy atom. The number of likely N-dealkylation sites (tertiary alicyclic amines) is 1. The number of piperidine rings is 1. The molecule has 0 amide bonds. The molecule has 0 aromatic carbocycles. The van der Waals surface area contributed by atoms with Gasteiger partial charge in [0.25, 0.3) is 0 Å². The van der Waals surface area contributed by atoms with Crippen LogP contribution in [0, 0.1) is 5.92 Å². The van der Waals surface area contributed by atoms with Crippen molar-refractivity contribution in [2.24, 2.45) is 5.92 Å². The highest BCUT2D eigenvalue weighted by Gasteiger charge is 2.35. The van der Waals surface area contributed by atoms with Crippen molar-refractivity contribution in [2.45, 2.75) is 19.9 Å². The summed E-state index contributed by atoms with van der Waals surface area (Å²) in [6.07, 6.45) is 3.51. The molecule has 1 saturated heterocycles. The van der Waals surface area contributed by atoms with Gasteiger partial charge in [-0.05, 0) is 32.1 Å². The van der Waals surface area contributed by atoms with Gasteiger partial charge in [-0.1, -0.05) is 0 Å². The van der Waals surface area contributed by atoms with E-state index >= 15 is 0 Å². The van der Waals surface area contributed by atoms with E-state index in [4.69, 9.17) is 4.42 Å². The number of nitrogens with one attached hydrogen (secondary N) is 1. The molecule has 86 valence electrons. The van der Waals surface area contributed by atoms with Crippen LogP contribution in [0.15, 0.2) is 28.4 Å². The van der Waals surface area contributed by atoms with Gasteiger partial charge in [0, 0.05) is 0 Å². The first-order valence-corrected chi connectivity index (χ1v) is 5.71. The summed E-state index contributed by atoms with van der Waals surface area (Å²) >= 11 is 0. The van der Waals surface area contributed by atoms with Crippen molar-refractivity contribution in [3.8, 4) is 0 Å². The lowest BCUT2D eigenvalue weighted by molar-refractivity contribution is -0.902. The van der Waals surface area contributed by atoms with Gasteiger partial charge in [-0.25, -0.2) is 0 Å². The zero-order chi connectivity index (χ0) is 11.7. The fourth-order valence-electron chi connectivity index (χ4n) is 2.24. The van der Waals surface area contributed by atoms with E-state index in [1.54, 1.807) is 6.26 Å². The molecule has 0 bridgehead atoms. The van der Waals surface area contributed by atoms with Crippen molar-refractivity contribution >= 4 is 11.9 Å². The molecule has 16 heavy (non-hydrogen) atoms. The molecule has 1 aliphatic rings. The van der Waals surface area contributed by atoms with Crippen LogP contribution in [0.2, 0.25) is 0 Å². The van der Waals surface area contributed by atoms with E-state index in [9.17, 15) is 4.79 Å². The zero-order valence-electron chi connectivity index (χ0n) is 9.99. The topological polar surface area (TPSA) is 34.6 Å². The number of hydrogen-bond donors (Lipinski definition) is 1. The van der Waals surface area contributed by atoms with Gasteiger partial charge in [-0.15, -0.1) is 0 Å². The van der Waals surface area contributed by atoms with Crippen LogP contribution >= 0.6 is 0 Å². The first-order chi connectivity index (χ1) is 7.59. The summed E-state index contributed by atoms with van der Waals surface area (Å²) in [4.78, 5) is 13.5. The summed E-state index contributed by atoms with van der Waals surface area (Å²) in [6, 6.07) is 3.96. The number of quaternary nitrogens is 1. The largest absolute Gasteiger partial charge is 0.465 e. The van der Waals surface area contributed by atoms with Gasteiger partial charge in [0.2, 0.25) is 0 Å². The van der Waals surface area contributed by atoms with Gasteiger partial charge in [-0.2, -0.15) is 0 Å². The standard InChI is InChI=1S/C13H17NO2/c1-9-8-14(3)10(2)12(13(9)15)7-11-5-4-6-16-11/h4-7,9-10H,8H2,1-3H3/p+1/b12-7-/t9-,10+/m0/s1. The van der Waals surface area contributed by atoms with Crippen LogP contribution in [0.5, 0.6) is 0 Å². The first-order valence-electron chi connectivity index (χ1n) is 5.71. The third-order valence-corrected chi connectivity index (χ3v) is 3.41. The maximum absolute atomic E-state index is 12.1. The average molecular weight is 220 g/mol. The quantitative estimate of drug-likeness (QED) is 0.710. The number of ketones is 1. The lowest BCUT2D eigenvalue weighted by Gasteiger charge is -2.31. The van der Waals surface area contributed by atoms with Gasteiger partial charge >= 0.3 is 0 Å². The summed E-state index contributed by atoms with van der Waals surface area (Å²) in [5.74, 6) is 1.13. The van der Waals surface area contributed by atoms with E-state index in [0.29, 0.717) is 0 Å². The Kier molecular flexibility index (Phi) is 2.97. The number of Topliss-reactive ketones (excluding diaryl/α,β-unsaturated/α-hetero) is 1. The van der Waals surface area contributed by atoms with Gasteiger partial charge in [0.15, 0.2) is 5.78 Å². The van der Waals surface area contributed by atoms with E-state index in [0.717, 1.165) is 17.9 Å². The van der Waals surface area contributed by atoms with Crippen molar-refractivity contribution in [3.63, 3.8) is 0 Å². The average Bonchev–Trinajstić information content (AvgIpc) is 2.74. The molecule has 0 radical (unpaired) electrons. The lowest BCUT2D eigenvalue weighted by Crippen LogP contribution is -3.14. The molecule has 2 rings (SSSR count). The highest BCUT2D eigenvalue weighted by Crippen LogP contribution is 2.17. The number of carbonyl (C=O) groups excluding carboxylic acids is 1. The molecule has 1 unspecified atom stereocenters. The van der Waals surface area contributed by atoms with Gasteiger partial charge in [0.1, 0.15) is 11.8 Å². The predicted octanol–water partition coefficient (Wildman–Crippen LogP) is 0.785. The Bertz CT molecular complexity index is 406. The smallest absolute Gasteiger partial charge is 0.173 e. The Labute approximate surface area is 95.7 Å². The lowest BCUT2D eigenvalue weighted by atomic mass is 9.88. The summed E-state index contributed by atoms with van der Waals surface area (Å²) in [6.45, 7) is 5.00. The minimum atomic E-state index is 0.109. The third kappa shape index (κ3) is 1.95. The number of rotatable bonds is 1. The van der Waals surface area contributed by atoms with Crippen LogP contribution in [-0.4, -0.2) is 25.4 Å². The SMILES string of the molecule is C[C@@H]1/C(=C/c2ccco2)C(=O)[C@@H](C)C[NH+]1C. The van der Waals surface area contributed by atoms with Crippen LogP contribution in [-0.2, 0) is 4.79 Å². The van der Waals surface area contributed by atoms with Gasteiger partial charge < -0.3 is 9.32 Å². The third-order valence-electron chi connectivity index (χ3n) is 3.41. The van der Waals surface area contributed by atoms with Crippen molar-refractivity contribution in [3.05, 3.63) is 29.7 Å². The fraction of sp³-hybridized carbons (Fsp3) is 0.462. The Morgan fingerprint density at radius 2 is 2.25 bits per heavy atom. The highest BCUT2D eigenvalue weighted by atomic mass is 16.3. The predicted molar refractivity (Wildman–Crippen MR) is 62.1 cm³/mol. The molecule has 1 fully saturated rings. The summed E-state index contributed by atoms with van der Waals surface area (Å²) < 4.78 is 5.27.